The fourth-order valence-corrected chi connectivity index (χ4v) is 1.91. The molecule has 0 fully saturated rings. The van der Waals surface area contributed by atoms with Crippen molar-refractivity contribution in [3.63, 3.8) is 0 Å². The van der Waals surface area contributed by atoms with Gasteiger partial charge in [-0.1, -0.05) is 11.6 Å². The van der Waals surface area contributed by atoms with E-state index in [0.717, 1.165) is 12.1 Å². The second-order valence-electron chi connectivity index (χ2n) is 3.48. The van der Waals surface area contributed by atoms with E-state index in [1.54, 1.807) is 13.0 Å². The third-order valence-corrected chi connectivity index (χ3v) is 2.63. The fraction of sp³-hybridized carbons (Fsp3) is 0.182. The molecular formula is C11H7ClF3N. The summed E-state index contributed by atoms with van der Waals surface area (Å²) in [6, 6.07) is 3.65. The van der Waals surface area contributed by atoms with Crippen molar-refractivity contribution in [1.29, 1.82) is 0 Å². The lowest BCUT2D eigenvalue weighted by Crippen LogP contribution is -2.05. The molecule has 1 nitrogen and oxygen atoms in total. The number of nitrogens with zero attached hydrogens (tertiary/aromatic N) is 1. The molecule has 1 aromatic carbocycles. The number of halogens is 4. The van der Waals surface area contributed by atoms with E-state index in [1.165, 1.54) is 6.20 Å². The van der Waals surface area contributed by atoms with E-state index in [1.807, 2.05) is 0 Å². The molecule has 0 spiro atoms. The van der Waals surface area contributed by atoms with E-state index < -0.39 is 11.7 Å². The van der Waals surface area contributed by atoms with E-state index in [2.05, 4.69) is 4.98 Å². The minimum absolute atomic E-state index is 0.264. The molecule has 16 heavy (non-hydrogen) atoms. The summed E-state index contributed by atoms with van der Waals surface area (Å²) in [5, 5.41) is 0.980. The highest BCUT2D eigenvalue weighted by molar-refractivity contribution is 6.35. The molecule has 0 aliphatic rings. The number of benzene rings is 1. The van der Waals surface area contributed by atoms with Crippen LogP contribution in [0.1, 0.15) is 11.1 Å². The van der Waals surface area contributed by atoms with Crippen LogP contribution in [0, 0.1) is 6.92 Å². The summed E-state index contributed by atoms with van der Waals surface area (Å²) in [6.45, 7) is 1.59. The SMILES string of the molecule is Cc1cc(C(F)(F)F)cc2nccc(Cl)c12. The topological polar surface area (TPSA) is 12.9 Å². The largest absolute Gasteiger partial charge is 0.416 e. The van der Waals surface area contributed by atoms with Crippen molar-refractivity contribution in [2.45, 2.75) is 13.1 Å². The molecule has 0 bridgehead atoms. The molecule has 0 saturated heterocycles. The predicted octanol–water partition coefficient (Wildman–Crippen LogP) is 4.22. The Bertz CT molecular complexity index is 549. The molecule has 0 amide bonds. The highest BCUT2D eigenvalue weighted by Gasteiger charge is 2.31. The van der Waals surface area contributed by atoms with Crippen LogP contribution in [-0.4, -0.2) is 4.98 Å². The van der Waals surface area contributed by atoms with Gasteiger partial charge in [0.1, 0.15) is 0 Å². The van der Waals surface area contributed by atoms with Gasteiger partial charge in [0.05, 0.1) is 16.1 Å². The number of fused-ring (bicyclic) bond motifs is 1. The van der Waals surface area contributed by atoms with Crippen molar-refractivity contribution >= 4 is 22.5 Å². The number of aryl methyl sites for hydroxylation is 1. The summed E-state index contributed by atoms with van der Waals surface area (Å²) in [4.78, 5) is 3.89. The lowest BCUT2D eigenvalue weighted by Gasteiger charge is -2.10. The summed E-state index contributed by atoms with van der Waals surface area (Å²) in [5.74, 6) is 0. The summed E-state index contributed by atoms with van der Waals surface area (Å²) in [6.07, 6.45) is -2.97. The fourth-order valence-electron chi connectivity index (χ4n) is 1.61. The van der Waals surface area contributed by atoms with Crippen LogP contribution in [-0.2, 0) is 6.18 Å². The first-order valence-electron chi connectivity index (χ1n) is 4.51. The molecule has 84 valence electrons. The van der Waals surface area contributed by atoms with Gasteiger partial charge in [0.25, 0.3) is 0 Å². The van der Waals surface area contributed by atoms with Gasteiger partial charge in [-0.15, -0.1) is 0 Å². The Labute approximate surface area is 94.9 Å². The second-order valence-corrected chi connectivity index (χ2v) is 3.89. The van der Waals surface area contributed by atoms with E-state index in [-0.39, 0.29) is 5.52 Å². The Hall–Kier alpha value is -1.29. The van der Waals surface area contributed by atoms with Crippen LogP contribution in [0.3, 0.4) is 0 Å². The van der Waals surface area contributed by atoms with Crippen LogP contribution in [0.5, 0.6) is 0 Å². The monoisotopic (exact) mass is 245 g/mol. The molecule has 2 rings (SSSR count). The zero-order valence-corrected chi connectivity index (χ0v) is 9.02. The van der Waals surface area contributed by atoms with Crippen molar-refractivity contribution < 1.29 is 13.2 Å². The van der Waals surface area contributed by atoms with Gasteiger partial charge in [-0.3, -0.25) is 4.98 Å². The number of hydrogen-bond donors (Lipinski definition) is 0. The number of rotatable bonds is 0. The maximum absolute atomic E-state index is 12.5. The smallest absolute Gasteiger partial charge is 0.256 e. The number of alkyl halides is 3. The van der Waals surface area contributed by atoms with E-state index in [0.29, 0.717) is 16.0 Å². The summed E-state index contributed by atoms with van der Waals surface area (Å²) < 4.78 is 37.6. The predicted molar refractivity (Wildman–Crippen MR) is 56.5 cm³/mol. The highest BCUT2D eigenvalue weighted by Crippen LogP contribution is 2.34. The normalized spacial score (nSPS) is 12.1. The first kappa shape index (κ1) is 11.2. The van der Waals surface area contributed by atoms with Gasteiger partial charge in [0.15, 0.2) is 0 Å². The number of hydrogen-bond acceptors (Lipinski definition) is 1. The first-order chi connectivity index (χ1) is 7.39. The molecule has 0 atom stereocenters. The summed E-state index contributed by atoms with van der Waals surface area (Å²) >= 11 is 5.91. The van der Waals surface area contributed by atoms with Gasteiger partial charge >= 0.3 is 6.18 Å². The first-order valence-corrected chi connectivity index (χ1v) is 4.89. The van der Waals surface area contributed by atoms with E-state index >= 15 is 0 Å². The molecule has 5 heteroatoms. The minimum Gasteiger partial charge on any atom is -0.256 e. The molecule has 0 unspecified atom stereocenters. The van der Waals surface area contributed by atoms with Crippen LogP contribution < -0.4 is 0 Å². The van der Waals surface area contributed by atoms with Crippen molar-refractivity contribution in [2.75, 3.05) is 0 Å². The molecule has 0 aliphatic heterocycles. The molecule has 1 heterocycles. The lowest BCUT2D eigenvalue weighted by atomic mass is 10.1. The Morgan fingerprint density at radius 3 is 2.56 bits per heavy atom. The molecule has 0 saturated carbocycles. The molecule has 0 radical (unpaired) electrons. The minimum atomic E-state index is -4.36. The van der Waals surface area contributed by atoms with Gasteiger partial charge in [-0.2, -0.15) is 13.2 Å². The second kappa shape index (κ2) is 3.63. The molecule has 2 aromatic rings. The zero-order chi connectivity index (χ0) is 11.9. The van der Waals surface area contributed by atoms with Crippen LogP contribution >= 0.6 is 11.6 Å². The standard InChI is InChI=1S/C11H7ClF3N/c1-6-4-7(11(13,14)15)5-9-10(6)8(12)2-3-16-9/h2-5H,1H3. The summed E-state index contributed by atoms with van der Waals surface area (Å²) in [5.41, 5.74) is 0.0371. The van der Waals surface area contributed by atoms with Crippen molar-refractivity contribution in [3.05, 3.63) is 40.5 Å². The quantitative estimate of drug-likeness (QED) is 0.677. The van der Waals surface area contributed by atoms with Crippen LogP contribution in [0.25, 0.3) is 10.9 Å². The Kier molecular flexibility index (Phi) is 2.54. The molecule has 1 aromatic heterocycles. The molecular weight excluding hydrogens is 239 g/mol. The Morgan fingerprint density at radius 1 is 1.25 bits per heavy atom. The third kappa shape index (κ3) is 1.85. The lowest BCUT2D eigenvalue weighted by molar-refractivity contribution is -0.137. The Balaban J connectivity index is 2.79. The van der Waals surface area contributed by atoms with Crippen molar-refractivity contribution in [3.8, 4) is 0 Å². The van der Waals surface area contributed by atoms with Crippen molar-refractivity contribution in [1.82, 2.24) is 4.98 Å². The van der Waals surface area contributed by atoms with Crippen molar-refractivity contribution in [2.24, 2.45) is 0 Å². The average molecular weight is 246 g/mol. The zero-order valence-electron chi connectivity index (χ0n) is 8.27. The van der Waals surface area contributed by atoms with Crippen LogP contribution in [0.2, 0.25) is 5.02 Å². The van der Waals surface area contributed by atoms with E-state index in [9.17, 15) is 13.2 Å². The third-order valence-electron chi connectivity index (χ3n) is 2.32. The maximum Gasteiger partial charge on any atom is 0.416 e. The van der Waals surface area contributed by atoms with Gasteiger partial charge in [0, 0.05) is 11.6 Å². The van der Waals surface area contributed by atoms with Gasteiger partial charge in [-0.25, -0.2) is 0 Å². The number of aromatic nitrogens is 1. The Morgan fingerprint density at radius 2 is 1.94 bits per heavy atom. The highest BCUT2D eigenvalue weighted by atomic mass is 35.5. The number of pyridine rings is 1. The van der Waals surface area contributed by atoms with Crippen LogP contribution in [0.15, 0.2) is 24.4 Å². The van der Waals surface area contributed by atoms with Gasteiger partial charge in [-0.05, 0) is 30.7 Å². The summed E-state index contributed by atoms with van der Waals surface area (Å²) in [7, 11) is 0. The maximum atomic E-state index is 12.5. The van der Waals surface area contributed by atoms with Crippen LogP contribution in [0.4, 0.5) is 13.2 Å². The average Bonchev–Trinajstić information content (AvgIpc) is 2.15. The van der Waals surface area contributed by atoms with Gasteiger partial charge in [0.2, 0.25) is 0 Å². The molecule has 0 N–H and O–H groups in total. The molecule has 0 aliphatic carbocycles. The van der Waals surface area contributed by atoms with Gasteiger partial charge < -0.3 is 0 Å². The van der Waals surface area contributed by atoms with E-state index in [4.69, 9.17) is 11.6 Å².